The molecule has 0 atom stereocenters. The monoisotopic (exact) mass is 427 g/mol. The number of anilines is 1. The third-order valence-electron chi connectivity index (χ3n) is 4.73. The Morgan fingerprint density at radius 3 is 2.43 bits per heavy atom. The van der Waals surface area contributed by atoms with E-state index in [2.05, 4.69) is 5.32 Å². The molecule has 1 amide bonds. The smallest absolute Gasteiger partial charge is 0.274 e. The molecule has 0 saturated heterocycles. The topological polar surface area (TPSA) is 110 Å². The van der Waals surface area contributed by atoms with Crippen molar-refractivity contribution in [3.8, 4) is 0 Å². The van der Waals surface area contributed by atoms with Gasteiger partial charge in [0.05, 0.1) is 22.4 Å². The van der Waals surface area contributed by atoms with Gasteiger partial charge < -0.3 is 5.32 Å². The first-order valence-electron chi connectivity index (χ1n) is 9.13. The predicted octanol–water partition coefficient (Wildman–Crippen LogP) is 3.14. The number of hydrogen-bond donors (Lipinski definition) is 1. The lowest BCUT2D eigenvalue weighted by Gasteiger charge is -2.23. The zero-order valence-electron chi connectivity index (χ0n) is 16.5. The van der Waals surface area contributed by atoms with Crippen molar-refractivity contribution < 1.29 is 18.1 Å². The number of sulfonamides is 1. The lowest BCUT2D eigenvalue weighted by molar-refractivity contribution is -0.385. The summed E-state index contributed by atoms with van der Waals surface area (Å²) in [5, 5.41) is 16.0. The predicted molar refractivity (Wildman–Crippen MR) is 116 cm³/mol. The first-order valence-corrected chi connectivity index (χ1v) is 11.0. The van der Waals surface area contributed by atoms with Crippen LogP contribution in [0.2, 0.25) is 0 Å². The molecule has 8 nitrogen and oxygen atoms in total. The van der Waals surface area contributed by atoms with Crippen molar-refractivity contribution in [1.82, 2.24) is 5.32 Å². The Morgan fingerprint density at radius 1 is 1.07 bits per heavy atom. The SMILES string of the molecule is Cc1c(N(CC(=O)NCc2ccc3ccccc3c2)S(C)(=O)=O)cccc1[N+](=O)[O-]. The number of rotatable bonds is 7. The molecular formula is C21H21N3O5S. The molecule has 0 aromatic heterocycles. The Labute approximate surface area is 174 Å². The van der Waals surface area contributed by atoms with Crippen molar-refractivity contribution in [2.75, 3.05) is 17.1 Å². The highest BCUT2D eigenvalue weighted by molar-refractivity contribution is 7.92. The summed E-state index contributed by atoms with van der Waals surface area (Å²) in [7, 11) is -3.84. The largest absolute Gasteiger partial charge is 0.350 e. The Bertz CT molecular complexity index is 1220. The van der Waals surface area contributed by atoms with Gasteiger partial charge in [-0.15, -0.1) is 0 Å². The molecule has 0 heterocycles. The molecule has 3 rings (SSSR count). The highest BCUT2D eigenvalue weighted by Crippen LogP contribution is 2.29. The van der Waals surface area contributed by atoms with E-state index in [1.54, 1.807) is 0 Å². The number of amides is 1. The maximum Gasteiger partial charge on any atom is 0.274 e. The lowest BCUT2D eigenvalue weighted by Crippen LogP contribution is -2.40. The molecule has 0 aliphatic carbocycles. The summed E-state index contributed by atoms with van der Waals surface area (Å²) in [5.74, 6) is -0.514. The third kappa shape index (κ3) is 4.74. The summed E-state index contributed by atoms with van der Waals surface area (Å²) in [4.78, 5) is 23.1. The van der Waals surface area contributed by atoms with Gasteiger partial charge in [0.2, 0.25) is 15.9 Å². The highest BCUT2D eigenvalue weighted by Gasteiger charge is 2.25. The van der Waals surface area contributed by atoms with Crippen LogP contribution in [-0.4, -0.2) is 32.0 Å². The van der Waals surface area contributed by atoms with E-state index in [0.29, 0.717) is 0 Å². The van der Waals surface area contributed by atoms with Crippen molar-refractivity contribution in [1.29, 1.82) is 0 Å². The Balaban J connectivity index is 1.78. The van der Waals surface area contributed by atoms with Gasteiger partial charge in [0.1, 0.15) is 6.54 Å². The zero-order chi connectivity index (χ0) is 21.9. The van der Waals surface area contributed by atoms with Crippen LogP contribution in [-0.2, 0) is 21.4 Å². The van der Waals surface area contributed by atoms with Gasteiger partial charge in [-0.2, -0.15) is 0 Å². The van der Waals surface area contributed by atoms with E-state index in [4.69, 9.17) is 0 Å². The van der Waals surface area contributed by atoms with Crippen LogP contribution in [0.4, 0.5) is 11.4 Å². The lowest BCUT2D eigenvalue weighted by atomic mass is 10.1. The zero-order valence-corrected chi connectivity index (χ0v) is 17.3. The second-order valence-corrected chi connectivity index (χ2v) is 8.81. The van der Waals surface area contributed by atoms with Crippen LogP contribution in [0.3, 0.4) is 0 Å². The van der Waals surface area contributed by atoms with E-state index in [-0.39, 0.29) is 23.5 Å². The molecular weight excluding hydrogens is 406 g/mol. The molecule has 0 aliphatic rings. The first kappa shape index (κ1) is 21.3. The maximum atomic E-state index is 12.5. The molecule has 0 unspecified atom stereocenters. The van der Waals surface area contributed by atoms with Gasteiger partial charge in [0.15, 0.2) is 0 Å². The van der Waals surface area contributed by atoms with Crippen LogP contribution >= 0.6 is 0 Å². The average Bonchev–Trinajstić information content (AvgIpc) is 2.69. The van der Waals surface area contributed by atoms with Crippen LogP contribution in [0, 0.1) is 17.0 Å². The summed E-state index contributed by atoms with van der Waals surface area (Å²) in [6, 6.07) is 17.8. The fourth-order valence-corrected chi connectivity index (χ4v) is 4.10. The molecule has 0 saturated carbocycles. The molecule has 1 N–H and O–H groups in total. The molecule has 0 bridgehead atoms. The summed E-state index contributed by atoms with van der Waals surface area (Å²) in [6.45, 7) is 1.21. The first-order chi connectivity index (χ1) is 14.2. The summed E-state index contributed by atoms with van der Waals surface area (Å²) < 4.78 is 25.5. The van der Waals surface area contributed by atoms with Gasteiger partial charge in [-0.1, -0.05) is 42.5 Å². The molecule has 3 aromatic carbocycles. The molecule has 156 valence electrons. The van der Waals surface area contributed by atoms with E-state index in [1.807, 2.05) is 42.5 Å². The molecule has 0 spiro atoms. The summed E-state index contributed by atoms with van der Waals surface area (Å²) in [6.07, 6.45) is 0.960. The van der Waals surface area contributed by atoms with Crippen LogP contribution < -0.4 is 9.62 Å². The highest BCUT2D eigenvalue weighted by atomic mass is 32.2. The van der Waals surface area contributed by atoms with Gasteiger partial charge in [0, 0.05) is 12.6 Å². The Hall–Kier alpha value is -3.46. The third-order valence-corrected chi connectivity index (χ3v) is 5.86. The van der Waals surface area contributed by atoms with Crippen molar-refractivity contribution >= 4 is 38.1 Å². The number of carbonyl (C=O) groups excluding carboxylic acids is 1. The minimum absolute atomic E-state index is 0.104. The fourth-order valence-electron chi connectivity index (χ4n) is 3.20. The van der Waals surface area contributed by atoms with Gasteiger partial charge in [-0.25, -0.2) is 8.42 Å². The molecule has 0 aliphatic heterocycles. The normalized spacial score (nSPS) is 11.3. The van der Waals surface area contributed by atoms with Crippen molar-refractivity contribution in [3.63, 3.8) is 0 Å². The second kappa shape index (κ2) is 8.50. The van der Waals surface area contributed by atoms with E-state index in [1.165, 1.54) is 25.1 Å². The van der Waals surface area contributed by atoms with Crippen LogP contribution in [0.15, 0.2) is 60.7 Å². The standard InChI is InChI=1S/C21H21N3O5S/c1-15-19(8-5-9-20(15)24(26)27)23(30(2,28)29)14-21(25)22-13-16-10-11-17-6-3-4-7-18(17)12-16/h3-12H,13-14H2,1-2H3,(H,22,25). The van der Waals surface area contributed by atoms with Gasteiger partial charge in [0.25, 0.3) is 5.69 Å². The number of nitrogens with zero attached hydrogens (tertiary/aromatic N) is 2. The molecule has 30 heavy (non-hydrogen) atoms. The number of carbonyl (C=O) groups is 1. The number of nitro benzene ring substituents is 1. The van der Waals surface area contributed by atoms with E-state index >= 15 is 0 Å². The van der Waals surface area contributed by atoms with E-state index in [9.17, 15) is 23.3 Å². The number of nitro groups is 1. The summed E-state index contributed by atoms with van der Waals surface area (Å²) >= 11 is 0. The Kier molecular flexibility index (Phi) is 6.02. The quantitative estimate of drug-likeness (QED) is 0.460. The van der Waals surface area contributed by atoms with Crippen molar-refractivity contribution in [2.24, 2.45) is 0 Å². The van der Waals surface area contributed by atoms with Crippen molar-refractivity contribution in [3.05, 3.63) is 81.9 Å². The average molecular weight is 427 g/mol. The summed E-state index contributed by atoms with van der Waals surface area (Å²) in [5.41, 5.74) is 0.944. The van der Waals surface area contributed by atoms with Gasteiger partial charge in [-0.3, -0.25) is 19.2 Å². The molecule has 0 fully saturated rings. The van der Waals surface area contributed by atoms with Gasteiger partial charge in [-0.05, 0) is 35.4 Å². The molecule has 0 radical (unpaired) electrons. The minimum atomic E-state index is -3.84. The number of hydrogen-bond acceptors (Lipinski definition) is 5. The molecule has 9 heteroatoms. The number of fused-ring (bicyclic) bond motifs is 1. The Morgan fingerprint density at radius 2 is 1.77 bits per heavy atom. The minimum Gasteiger partial charge on any atom is -0.350 e. The van der Waals surface area contributed by atoms with Crippen LogP contribution in [0.1, 0.15) is 11.1 Å². The van der Waals surface area contributed by atoms with Crippen LogP contribution in [0.5, 0.6) is 0 Å². The number of nitrogens with one attached hydrogen (secondary N) is 1. The van der Waals surface area contributed by atoms with Crippen LogP contribution in [0.25, 0.3) is 10.8 Å². The number of benzene rings is 3. The fraction of sp³-hybridized carbons (Fsp3) is 0.190. The second-order valence-electron chi connectivity index (χ2n) is 6.91. The van der Waals surface area contributed by atoms with Crippen molar-refractivity contribution in [2.45, 2.75) is 13.5 Å². The van der Waals surface area contributed by atoms with Gasteiger partial charge >= 0.3 is 0 Å². The maximum absolute atomic E-state index is 12.5. The van der Waals surface area contributed by atoms with E-state index in [0.717, 1.165) is 26.9 Å². The molecule has 3 aromatic rings. The van der Waals surface area contributed by atoms with E-state index < -0.39 is 27.4 Å².